The van der Waals surface area contributed by atoms with Gasteiger partial charge in [-0.1, -0.05) is 12.1 Å². The van der Waals surface area contributed by atoms with Crippen molar-refractivity contribution in [3.8, 4) is 0 Å². The van der Waals surface area contributed by atoms with Crippen LogP contribution in [-0.2, 0) is 10.1 Å². The third-order valence-corrected chi connectivity index (χ3v) is 6.33. The first-order valence-electron chi connectivity index (χ1n) is 10.4. The molecule has 1 N–H and O–H groups in total. The number of rotatable bonds is 2. The maximum atomic E-state index is 11.7. The predicted octanol–water partition coefficient (Wildman–Crippen LogP) is 4.35. The number of hydrogen-bond acceptors (Lipinski definition) is 6. The van der Waals surface area contributed by atoms with E-state index in [2.05, 4.69) is 15.0 Å². The van der Waals surface area contributed by atoms with Gasteiger partial charge in [0.15, 0.2) is 0 Å². The zero-order valence-corrected chi connectivity index (χ0v) is 18.4. The maximum Gasteiger partial charge on any atom is 0.294 e. The van der Waals surface area contributed by atoms with Gasteiger partial charge in [0.1, 0.15) is 0 Å². The summed E-state index contributed by atoms with van der Waals surface area (Å²) in [6.45, 7) is 0. The Morgan fingerprint density at radius 1 is 0.618 bits per heavy atom. The highest BCUT2D eigenvalue weighted by Gasteiger charge is 2.20. The van der Waals surface area contributed by atoms with Crippen molar-refractivity contribution in [2.45, 2.75) is 4.90 Å². The Kier molecular flexibility index (Phi) is 4.58. The van der Waals surface area contributed by atoms with Gasteiger partial charge >= 0.3 is 0 Å². The number of nitrogens with zero attached hydrogens (tertiary/aromatic N) is 4. The molecule has 0 saturated carbocycles. The molecular weight excluding hydrogens is 448 g/mol. The van der Waals surface area contributed by atoms with Crippen LogP contribution in [0.1, 0.15) is 5.56 Å². The molecule has 0 unspecified atom stereocenters. The van der Waals surface area contributed by atoms with E-state index in [0.717, 1.165) is 34.1 Å². The van der Waals surface area contributed by atoms with Gasteiger partial charge in [0, 0.05) is 5.57 Å². The summed E-state index contributed by atoms with van der Waals surface area (Å²) in [4.78, 5) is 18.5. The first kappa shape index (κ1) is 20.3. The highest BCUT2D eigenvalue weighted by Crippen LogP contribution is 2.30. The molecule has 6 rings (SSSR count). The molecule has 8 bridgehead atoms. The topological polar surface area (TPSA) is 104 Å². The fourth-order valence-electron chi connectivity index (χ4n) is 3.95. The van der Waals surface area contributed by atoms with Gasteiger partial charge in [-0.25, -0.2) is 20.0 Å². The second-order valence-corrected chi connectivity index (χ2v) is 9.37. The van der Waals surface area contributed by atoms with Crippen molar-refractivity contribution in [3.05, 3.63) is 119 Å². The maximum absolute atomic E-state index is 11.7. The van der Waals surface area contributed by atoms with Crippen LogP contribution < -0.4 is 0 Å². The highest BCUT2D eigenvalue weighted by molar-refractivity contribution is 7.85. The van der Waals surface area contributed by atoms with E-state index in [0.29, 0.717) is 22.7 Å². The predicted molar refractivity (Wildman–Crippen MR) is 134 cm³/mol. The fourth-order valence-corrected chi connectivity index (χ4v) is 4.48. The number of allylic oxidation sites excluding steroid dienone is 12. The highest BCUT2D eigenvalue weighted by atomic mass is 32.2. The Hall–Kier alpha value is -4.27. The van der Waals surface area contributed by atoms with Crippen LogP contribution in [0.25, 0.3) is 5.57 Å². The van der Waals surface area contributed by atoms with Crippen LogP contribution in [0.5, 0.6) is 0 Å². The Bertz CT molecular complexity index is 1650. The summed E-state index contributed by atoms with van der Waals surface area (Å²) in [6.07, 6.45) is 20.9. The van der Waals surface area contributed by atoms with Crippen LogP contribution in [0.3, 0.4) is 0 Å². The molecular formula is C26H16N4O3S. The average molecular weight is 465 g/mol. The minimum Gasteiger partial charge on any atom is -0.282 e. The molecule has 7 nitrogen and oxygen atoms in total. The van der Waals surface area contributed by atoms with E-state index >= 15 is 0 Å². The molecule has 1 aromatic carbocycles. The number of fused-ring (bicyclic) bond motifs is 4. The van der Waals surface area contributed by atoms with Crippen molar-refractivity contribution in [3.63, 3.8) is 0 Å². The molecule has 5 heterocycles. The first-order valence-corrected chi connectivity index (χ1v) is 11.9. The van der Waals surface area contributed by atoms with Crippen molar-refractivity contribution in [1.82, 2.24) is 0 Å². The lowest BCUT2D eigenvalue weighted by molar-refractivity contribution is 0.483. The average Bonchev–Trinajstić information content (AvgIpc) is 3.58. The Balaban J connectivity index is 1.50. The molecule has 1 aromatic rings. The summed E-state index contributed by atoms with van der Waals surface area (Å²) >= 11 is 0. The molecule has 0 spiro atoms. The minimum absolute atomic E-state index is 0.177. The van der Waals surface area contributed by atoms with Gasteiger partial charge in [0.05, 0.1) is 50.5 Å². The third-order valence-electron chi connectivity index (χ3n) is 5.48. The van der Waals surface area contributed by atoms with Crippen molar-refractivity contribution < 1.29 is 13.0 Å². The van der Waals surface area contributed by atoms with Crippen molar-refractivity contribution in [2.24, 2.45) is 20.0 Å². The van der Waals surface area contributed by atoms with Gasteiger partial charge in [-0.2, -0.15) is 8.42 Å². The van der Waals surface area contributed by atoms with E-state index in [1.807, 2.05) is 66.8 Å². The third kappa shape index (κ3) is 3.96. The first-order chi connectivity index (χ1) is 16.4. The molecule has 0 aromatic heterocycles. The van der Waals surface area contributed by atoms with Crippen LogP contribution in [-0.4, -0.2) is 35.8 Å². The SMILES string of the molecule is O=S(=O)(O)c1cccc(C2=CC3=CC4=NC(=CC5=NC(=CC6=NC(=CC2=N3)C=C6)C=C5)C=C4)c1. The van der Waals surface area contributed by atoms with Crippen LogP contribution >= 0.6 is 0 Å². The number of hydrogen-bond donors (Lipinski definition) is 1. The van der Waals surface area contributed by atoms with Crippen LogP contribution in [0.2, 0.25) is 0 Å². The van der Waals surface area contributed by atoms with Crippen LogP contribution in [0, 0.1) is 0 Å². The molecule has 164 valence electrons. The smallest absolute Gasteiger partial charge is 0.282 e. The lowest BCUT2D eigenvalue weighted by atomic mass is 10.0. The summed E-state index contributed by atoms with van der Waals surface area (Å²) in [5.41, 5.74) is 7.26. The zero-order chi connectivity index (χ0) is 23.3. The van der Waals surface area contributed by atoms with Crippen molar-refractivity contribution in [2.75, 3.05) is 0 Å². The molecule has 5 aliphatic rings. The van der Waals surface area contributed by atoms with Gasteiger partial charge in [-0.3, -0.25) is 4.55 Å². The minimum atomic E-state index is -4.34. The Morgan fingerprint density at radius 3 is 1.76 bits per heavy atom. The van der Waals surface area contributed by atoms with E-state index in [9.17, 15) is 13.0 Å². The standard InChI is InChI=1S/C26H16N4O3S/c31-34(32,33)24-3-1-2-16(10-24)25-14-23-13-21-7-6-19(28-21)11-17-4-5-18(27-17)12-20-8-9-22(29-20)15-26(25)30-23/h1-15H,(H,31,32,33). The molecule has 5 aliphatic heterocycles. The van der Waals surface area contributed by atoms with E-state index in [4.69, 9.17) is 4.99 Å². The van der Waals surface area contributed by atoms with Crippen LogP contribution in [0.15, 0.2) is 139 Å². The quantitative estimate of drug-likeness (QED) is 0.658. The monoisotopic (exact) mass is 464 g/mol. The lowest BCUT2D eigenvalue weighted by Crippen LogP contribution is -2.01. The largest absolute Gasteiger partial charge is 0.294 e. The van der Waals surface area contributed by atoms with Crippen molar-refractivity contribution >= 4 is 38.5 Å². The molecule has 8 heteroatoms. The molecule has 0 atom stereocenters. The molecule has 0 aliphatic carbocycles. The zero-order valence-electron chi connectivity index (χ0n) is 17.6. The summed E-state index contributed by atoms with van der Waals surface area (Å²) in [6, 6.07) is 6.14. The molecule has 0 saturated heterocycles. The summed E-state index contributed by atoms with van der Waals surface area (Å²) < 4.78 is 32.9. The van der Waals surface area contributed by atoms with E-state index in [1.165, 1.54) is 12.1 Å². The van der Waals surface area contributed by atoms with Gasteiger partial charge in [-0.05, 0) is 84.5 Å². The summed E-state index contributed by atoms with van der Waals surface area (Å²) in [7, 11) is -4.34. The molecule has 0 radical (unpaired) electrons. The fraction of sp³-hybridized carbons (Fsp3) is 0. The number of benzene rings is 1. The second-order valence-electron chi connectivity index (χ2n) is 7.94. The van der Waals surface area contributed by atoms with Gasteiger partial charge in [-0.15, -0.1) is 0 Å². The van der Waals surface area contributed by atoms with E-state index < -0.39 is 10.1 Å². The van der Waals surface area contributed by atoms with E-state index in [1.54, 1.807) is 12.1 Å². The molecule has 0 amide bonds. The van der Waals surface area contributed by atoms with Gasteiger partial charge < -0.3 is 0 Å². The summed E-state index contributed by atoms with van der Waals surface area (Å²) in [5, 5.41) is 0. The molecule has 34 heavy (non-hydrogen) atoms. The van der Waals surface area contributed by atoms with Crippen LogP contribution in [0.4, 0.5) is 0 Å². The van der Waals surface area contributed by atoms with Crippen molar-refractivity contribution in [1.29, 1.82) is 0 Å². The van der Waals surface area contributed by atoms with Gasteiger partial charge in [0.25, 0.3) is 10.1 Å². The number of aliphatic imine (C=N–C) groups is 4. The second kappa shape index (κ2) is 7.65. The Morgan fingerprint density at radius 2 is 1.18 bits per heavy atom. The van der Waals surface area contributed by atoms with E-state index in [-0.39, 0.29) is 4.90 Å². The summed E-state index contributed by atoms with van der Waals surface area (Å²) in [5.74, 6) is 0. The van der Waals surface area contributed by atoms with Gasteiger partial charge in [0.2, 0.25) is 0 Å². The molecule has 0 fully saturated rings. The lowest BCUT2D eigenvalue weighted by Gasteiger charge is -2.06. The normalized spacial score (nSPS) is 20.2. The Labute approximate surface area is 195 Å².